The molecule has 0 aromatic carbocycles. The minimum atomic E-state index is -1.02. The van der Waals surface area contributed by atoms with Gasteiger partial charge in [-0.05, 0) is 6.92 Å². The van der Waals surface area contributed by atoms with Crippen LogP contribution >= 0.6 is 0 Å². The van der Waals surface area contributed by atoms with Crippen molar-refractivity contribution in [1.29, 1.82) is 0 Å². The molecule has 1 N–H and O–H groups in total. The first kappa shape index (κ1) is 14.7. The van der Waals surface area contributed by atoms with Gasteiger partial charge in [-0.2, -0.15) is 5.10 Å². The zero-order valence-electron chi connectivity index (χ0n) is 13.4. The van der Waals surface area contributed by atoms with Crippen molar-refractivity contribution in [3.05, 3.63) is 17.5 Å². The fourth-order valence-electron chi connectivity index (χ4n) is 3.57. The average molecular weight is 331 g/mol. The summed E-state index contributed by atoms with van der Waals surface area (Å²) in [5.74, 6) is -1.02. The minimum absolute atomic E-state index is 0.0620. The van der Waals surface area contributed by atoms with Crippen LogP contribution in [0.4, 0.5) is 10.5 Å². The number of pyridine rings is 1. The third kappa shape index (κ3) is 2.00. The summed E-state index contributed by atoms with van der Waals surface area (Å²) in [6, 6.07) is -0.0620. The highest BCUT2D eigenvalue weighted by atomic mass is 16.6. The number of carbonyl (C=O) groups is 2. The quantitative estimate of drug-likeness (QED) is 0.860. The molecule has 9 nitrogen and oxygen atoms in total. The number of ether oxygens (including phenoxy) is 1. The van der Waals surface area contributed by atoms with E-state index in [9.17, 15) is 14.7 Å². The number of nitrogens with zero attached hydrogens (tertiary/aromatic N) is 5. The predicted molar refractivity (Wildman–Crippen MR) is 84.3 cm³/mol. The Labute approximate surface area is 137 Å². The maximum absolute atomic E-state index is 11.7. The maximum atomic E-state index is 11.7. The number of piperazine rings is 1. The van der Waals surface area contributed by atoms with Crippen molar-refractivity contribution in [3.63, 3.8) is 0 Å². The van der Waals surface area contributed by atoms with E-state index in [0.717, 1.165) is 11.1 Å². The molecule has 2 aromatic rings. The number of aromatic nitrogens is 3. The van der Waals surface area contributed by atoms with E-state index in [-0.39, 0.29) is 17.7 Å². The molecule has 0 saturated carbocycles. The molecule has 2 aliphatic rings. The summed E-state index contributed by atoms with van der Waals surface area (Å²) in [4.78, 5) is 31.4. The van der Waals surface area contributed by atoms with Crippen LogP contribution in [0.5, 0.6) is 0 Å². The standard InChI is InChI=1S/C15H17N5O4/c1-8-11-12(10(14(21)22)5-16-13(11)18(2)17-8)19-3-4-20-9(6-19)7-24-15(20)23/h5,9H,3-4,6-7H2,1-2H3,(H,21,22). The van der Waals surface area contributed by atoms with Crippen LogP contribution in [-0.2, 0) is 11.8 Å². The number of anilines is 1. The van der Waals surface area contributed by atoms with Crippen molar-refractivity contribution in [2.24, 2.45) is 7.05 Å². The monoisotopic (exact) mass is 331 g/mol. The zero-order chi connectivity index (χ0) is 17.0. The number of fused-ring (bicyclic) bond motifs is 2. The second-order valence-corrected chi connectivity index (χ2v) is 6.10. The lowest BCUT2D eigenvalue weighted by atomic mass is 10.1. The molecular formula is C15H17N5O4. The van der Waals surface area contributed by atoms with Crippen molar-refractivity contribution in [2.45, 2.75) is 13.0 Å². The van der Waals surface area contributed by atoms with Gasteiger partial charge in [-0.15, -0.1) is 0 Å². The number of aryl methyl sites for hydroxylation is 2. The summed E-state index contributed by atoms with van der Waals surface area (Å²) >= 11 is 0. The molecule has 2 aromatic heterocycles. The molecule has 4 heterocycles. The fourth-order valence-corrected chi connectivity index (χ4v) is 3.57. The molecule has 1 amide bonds. The van der Waals surface area contributed by atoms with Crippen LogP contribution in [-0.4, -0.2) is 69.1 Å². The molecule has 1 atom stereocenters. The third-order valence-electron chi connectivity index (χ3n) is 4.66. The van der Waals surface area contributed by atoms with Gasteiger partial charge in [0.15, 0.2) is 5.65 Å². The van der Waals surface area contributed by atoms with Gasteiger partial charge in [-0.3, -0.25) is 9.58 Å². The fraction of sp³-hybridized carbons (Fsp3) is 0.467. The van der Waals surface area contributed by atoms with Crippen LogP contribution in [0.3, 0.4) is 0 Å². The number of rotatable bonds is 2. The average Bonchev–Trinajstić information content (AvgIpc) is 3.07. The molecule has 2 fully saturated rings. The summed E-state index contributed by atoms with van der Waals surface area (Å²) in [6.45, 7) is 3.75. The topological polar surface area (TPSA) is 101 Å². The lowest BCUT2D eigenvalue weighted by molar-refractivity contribution is 0.0697. The number of carboxylic acids is 1. The van der Waals surface area contributed by atoms with Crippen molar-refractivity contribution in [2.75, 3.05) is 31.1 Å². The normalized spacial score (nSPS) is 20.4. The molecule has 0 aliphatic carbocycles. The molecule has 24 heavy (non-hydrogen) atoms. The smallest absolute Gasteiger partial charge is 0.410 e. The highest BCUT2D eigenvalue weighted by molar-refractivity contribution is 6.05. The largest absolute Gasteiger partial charge is 0.478 e. The number of hydrogen-bond donors (Lipinski definition) is 1. The summed E-state index contributed by atoms with van der Waals surface area (Å²) in [5.41, 5.74) is 2.15. The molecule has 2 aliphatic heterocycles. The van der Waals surface area contributed by atoms with E-state index in [4.69, 9.17) is 4.74 Å². The Kier molecular flexibility index (Phi) is 3.12. The third-order valence-corrected chi connectivity index (χ3v) is 4.66. The van der Waals surface area contributed by atoms with E-state index in [1.807, 2.05) is 11.8 Å². The minimum Gasteiger partial charge on any atom is -0.478 e. The Bertz CT molecular complexity index is 861. The van der Waals surface area contributed by atoms with Gasteiger partial charge < -0.3 is 14.7 Å². The first-order chi connectivity index (χ1) is 11.5. The Balaban J connectivity index is 1.84. The lowest BCUT2D eigenvalue weighted by Crippen LogP contribution is -2.52. The Morgan fingerprint density at radius 3 is 2.96 bits per heavy atom. The van der Waals surface area contributed by atoms with Crippen LogP contribution in [0.15, 0.2) is 6.20 Å². The highest BCUT2D eigenvalue weighted by Crippen LogP contribution is 2.34. The number of hydrogen-bond acceptors (Lipinski definition) is 6. The first-order valence-corrected chi connectivity index (χ1v) is 7.71. The van der Waals surface area contributed by atoms with Crippen molar-refractivity contribution < 1.29 is 19.4 Å². The zero-order valence-corrected chi connectivity index (χ0v) is 13.4. The number of aromatic carboxylic acids is 1. The maximum Gasteiger partial charge on any atom is 0.410 e. The van der Waals surface area contributed by atoms with Crippen LogP contribution < -0.4 is 4.90 Å². The van der Waals surface area contributed by atoms with E-state index in [2.05, 4.69) is 10.1 Å². The van der Waals surface area contributed by atoms with E-state index >= 15 is 0 Å². The second-order valence-electron chi connectivity index (χ2n) is 6.10. The number of cyclic esters (lactones) is 1. The number of carboxylic acid groups (broad SMARTS) is 1. The van der Waals surface area contributed by atoms with E-state index in [1.165, 1.54) is 6.20 Å². The summed E-state index contributed by atoms with van der Waals surface area (Å²) < 4.78 is 6.74. The Morgan fingerprint density at radius 2 is 2.21 bits per heavy atom. The molecule has 4 rings (SSSR count). The molecule has 1 unspecified atom stereocenters. The van der Waals surface area contributed by atoms with Crippen LogP contribution in [0.2, 0.25) is 0 Å². The molecular weight excluding hydrogens is 314 g/mol. The Morgan fingerprint density at radius 1 is 1.42 bits per heavy atom. The van der Waals surface area contributed by atoms with Crippen molar-refractivity contribution >= 4 is 28.8 Å². The SMILES string of the molecule is Cc1nn(C)c2ncc(C(=O)O)c(N3CCN4C(=O)OCC4C3)c12. The van der Waals surface area contributed by atoms with Gasteiger partial charge in [0, 0.05) is 32.9 Å². The van der Waals surface area contributed by atoms with Crippen LogP contribution in [0.25, 0.3) is 11.0 Å². The predicted octanol–water partition coefficient (Wildman–Crippen LogP) is 0.616. The molecule has 126 valence electrons. The van der Waals surface area contributed by atoms with Gasteiger partial charge in [0.05, 0.1) is 22.8 Å². The summed E-state index contributed by atoms with van der Waals surface area (Å²) in [5, 5.41) is 14.7. The molecule has 9 heteroatoms. The molecule has 2 saturated heterocycles. The second kappa shape index (κ2) is 5.08. The van der Waals surface area contributed by atoms with Gasteiger partial charge in [0.1, 0.15) is 12.2 Å². The van der Waals surface area contributed by atoms with Gasteiger partial charge in [-0.25, -0.2) is 14.6 Å². The number of amides is 1. The molecule has 0 bridgehead atoms. The summed E-state index contributed by atoms with van der Waals surface area (Å²) in [7, 11) is 1.79. The lowest BCUT2D eigenvalue weighted by Gasteiger charge is -2.37. The molecule has 0 spiro atoms. The van der Waals surface area contributed by atoms with E-state index in [1.54, 1.807) is 16.6 Å². The van der Waals surface area contributed by atoms with Crippen LogP contribution in [0, 0.1) is 6.92 Å². The van der Waals surface area contributed by atoms with Gasteiger partial charge in [0.2, 0.25) is 0 Å². The number of carbonyl (C=O) groups excluding carboxylic acids is 1. The summed E-state index contributed by atoms with van der Waals surface area (Å²) in [6.07, 6.45) is 1.08. The van der Waals surface area contributed by atoms with Crippen molar-refractivity contribution in [1.82, 2.24) is 19.7 Å². The van der Waals surface area contributed by atoms with Crippen molar-refractivity contribution in [3.8, 4) is 0 Å². The van der Waals surface area contributed by atoms with Gasteiger partial charge >= 0.3 is 12.1 Å². The van der Waals surface area contributed by atoms with E-state index < -0.39 is 5.97 Å². The Hall–Kier alpha value is -2.84. The van der Waals surface area contributed by atoms with Gasteiger partial charge in [-0.1, -0.05) is 0 Å². The van der Waals surface area contributed by atoms with Crippen LogP contribution in [0.1, 0.15) is 16.1 Å². The molecule has 0 radical (unpaired) electrons. The van der Waals surface area contributed by atoms with Gasteiger partial charge in [0.25, 0.3) is 0 Å². The first-order valence-electron chi connectivity index (χ1n) is 7.71. The van der Waals surface area contributed by atoms with E-state index in [0.29, 0.717) is 37.6 Å². The highest BCUT2D eigenvalue weighted by Gasteiger charge is 2.39.